The van der Waals surface area contributed by atoms with Crippen LogP contribution in [0.1, 0.15) is 84.0 Å². The number of hydrogen-bond acceptors (Lipinski definition) is 1. The van der Waals surface area contributed by atoms with Gasteiger partial charge in [0.2, 0.25) is 5.91 Å². The second-order valence-corrected chi connectivity index (χ2v) is 6.46. The Hall–Kier alpha value is -0.240. The highest BCUT2D eigenvalue weighted by Crippen LogP contribution is 2.23. The van der Waals surface area contributed by atoms with Crippen LogP contribution in [-0.4, -0.2) is 29.3 Å². The van der Waals surface area contributed by atoms with Crippen molar-refractivity contribution in [2.45, 2.75) is 90.0 Å². The Morgan fingerprint density at radius 2 is 1.80 bits per heavy atom. The lowest BCUT2D eigenvalue weighted by Crippen LogP contribution is -2.35. The van der Waals surface area contributed by atoms with Crippen LogP contribution in [-0.2, 0) is 4.79 Å². The van der Waals surface area contributed by atoms with Crippen molar-refractivity contribution < 1.29 is 4.79 Å². The minimum atomic E-state index is 0.385. The van der Waals surface area contributed by atoms with Gasteiger partial charge in [-0.2, -0.15) is 0 Å². The predicted octanol–water partition coefficient (Wildman–Crippen LogP) is 5.14. The number of halogens is 1. The van der Waals surface area contributed by atoms with E-state index in [9.17, 15) is 4.79 Å². The lowest BCUT2D eigenvalue weighted by molar-refractivity contribution is -0.132. The fourth-order valence-electron chi connectivity index (χ4n) is 3.15. The van der Waals surface area contributed by atoms with Gasteiger partial charge in [-0.05, 0) is 32.1 Å². The summed E-state index contributed by atoms with van der Waals surface area (Å²) in [4.78, 5) is 14.4. The van der Waals surface area contributed by atoms with E-state index in [1.54, 1.807) is 0 Å². The van der Waals surface area contributed by atoms with Crippen LogP contribution in [0.2, 0.25) is 0 Å². The summed E-state index contributed by atoms with van der Waals surface area (Å²) in [5.74, 6) is 1.10. The predicted molar refractivity (Wildman–Crippen MR) is 87.3 cm³/mol. The molecule has 1 aliphatic heterocycles. The normalized spacial score (nSPS) is 18.7. The molecule has 0 bridgehead atoms. The molecule has 0 aromatic carbocycles. The monoisotopic (exact) mass is 301 g/mol. The van der Waals surface area contributed by atoms with Crippen LogP contribution in [0.25, 0.3) is 0 Å². The average molecular weight is 302 g/mol. The fraction of sp³-hybridized carbons (Fsp3) is 0.941. The summed E-state index contributed by atoms with van der Waals surface area (Å²) in [6, 6.07) is 0.478. The number of rotatable bonds is 11. The van der Waals surface area contributed by atoms with Gasteiger partial charge in [0.05, 0.1) is 0 Å². The molecular weight excluding hydrogens is 270 g/mol. The molecule has 1 amide bonds. The van der Waals surface area contributed by atoms with Crippen LogP contribution in [0.15, 0.2) is 0 Å². The SMILES string of the molecule is CCCCCCCCCC(=O)N1CCCC1CCCCl. The van der Waals surface area contributed by atoms with Gasteiger partial charge in [-0.25, -0.2) is 0 Å². The van der Waals surface area contributed by atoms with Crippen molar-refractivity contribution in [1.29, 1.82) is 0 Å². The molecule has 118 valence electrons. The van der Waals surface area contributed by atoms with Crippen molar-refractivity contribution in [3.63, 3.8) is 0 Å². The van der Waals surface area contributed by atoms with E-state index in [2.05, 4.69) is 11.8 Å². The Morgan fingerprint density at radius 1 is 1.10 bits per heavy atom. The highest BCUT2D eigenvalue weighted by atomic mass is 35.5. The number of alkyl halides is 1. The van der Waals surface area contributed by atoms with Crippen LogP contribution in [0.4, 0.5) is 0 Å². The van der Waals surface area contributed by atoms with Crippen LogP contribution in [0, 0.1) is 0 Å². The lowest BCUT2D eigenvalue weighted by Gasteiger charge is -2.24. The van der Waals surface area contributed by atoms with Crippen LogP contribution in [0.3, 0.4) is 0 Å². The summed E-state index contributed by atoms with van der Waals surface area (Å²) in [6.07, 6.45) is 14.2. The molecule has 0 aromatic heterocycles. The number of hydrogen-bond donors (Lipinski definition) is 0. The second-order valence-electron chi connectivity index (χ2n) is 6.09. The Labute approximate surface area is 130 Å². The summed E-state index contributed by atoms with van der Waals surface area (Å²) in [6.45, 7) is 3.22. The van der Waals surface area contributed by atoms with Gasteiger partial charge >= 0.3 is 0 Å². The van der Waals surface area contributed by atoms with Crippen molar-refractivity contribution in [2.75, 3.05) is 12.4 Å². The molecule has 1 rings (SSSR count). The molecule has 0 N–H and O–H groups in total. The molecule has 0 aromatic rings. The van der Waals surface area contributed by atoms with Gasteiger partial charge in [0.15, 0.2) is 0 Å². The van der Waals surface area contributed by atoms with Crippen LogP contribution >= 0.6 is 11.6 Å². The smallest absolute Gasteiger partial charge is 0.222 e. The van der Waals surface area contributed by atoms with Gasteiger partial charge in [-0.15, -0.1) is 11.6 Å². The number of nitrogens with zero attached hydrogens (tertiary/aromatic N) is 1. The molecule has 1 saturated heterocycles. The third kappa shape index (κ3) is 6.97. The van der Waals surface area contributed by atoms with Crippen molar-refractivity contribution in [3.05, 3.63) is 0 Å². The Balaban J connectivity index is 2.09. The number of amides is 1. The van der Waals surface area contributed by atoms with E-state index >= 15 is 0 Å². The Bertz CT molecular complexity index is 257. The van der Waals surface area contributed by atoms with Crippen molar-refractivity contribution in [1.82, 2.24) is 4.90 Å². The molecule has 1 aliphatic rings. The zero-order chi connectivity index (χ0) is 14.6. The van der Waals surface area contributed by atoms with Crippen LogP contribution < -0.4 is 0 Å². The Morgan fingerprint density at radius 3 is 2.50 bits per heavy atom. The first-order valence-electron chi connectivity index (χ1n) is 8.65. The van der Waals surface area contributed by atoms with Gasteiger partial charge in [-0.1, -0.05) is 45.4 Å². The zero-order valence-electron chi connectivity index (χ0n) is 13.2. The van der Waals surface area contributed by atoms with E-state index in [1.807, 2.05) is 0 Å². The minimum absolute atomic E-state index is 0.385. The third-order valence-corrected chi connectivity index (χ3v) is 4.63. The summed E-state index contributed by atoms with van der Waals surface area (Å²) in [5, 5.41) is 0. The van der Waals surface area contributed by atoms with Gasteiger partial charge in [0.1, 0.15) is 0 Å². The molecule has 2 nitrogen and oxygen atoms in total. The molecule has 0 saturated carbocycles. The molecule has 1 fully saturated rings. The second kappa shape index (κ2) is 11.4. The van der Waals surface area contributed by atoms with Gasteiger partial charge in [0, 0.05) is 24.9 Å². The van der Waals surface area contributed by atoms with E-state index < -0.39 is 0 Å². The summed E-state index contributed by atoms with van der Waals surface area (Å²) < 4.78 is 0. The topological polar surface area (TPSA) is 20.3 Å². The van der Waals surface area contributed by atoms with Crippen molar-refractivity contribution in [2.24, 2.45) is 0 Å². The van der Waals surface area contributed by atoms with E-state index in [4.69, 9.17) is 11.6 Å². The molecule has 3 heteroatoms. The summed E-state index contributed by atoms with van der Waals surface area (Å²) >= 11 is 5.76. The standard InChI is InChI=1S/C17H32ClNO/c1-2-3-4-5-6-7-8-13-17(20)19-15-10-12-16(19)11-9-14-18/h16H,2-15H2,1H3. The first-order valence-corrected chi connectivity index (χ1v) is 9.18. The largest absolute Gasteiger partial charge is 0.340 e. The molecule has 1 heterocycles. The number of unbranched alkanes of at least 4 members (excludes halogenated alkanes) is 6. The van der Waals surface area contributed by atoms with Crippen molar-refractivity contribution in [3.8, 4) is 0 Å². The first-order chi connectivity index (χ1) is 9.79. The average Bonchev–Trinajstić information content (AvgIpc) is 2.92. The van der Waals surface area contributed by atoms with E-state index in [-0.39, 0.29) is 0 Å². The molecule has 1 unspecified atom stereocenters. The summed E-state index contributed by atoms with van der Waals surface area (Å²) in [5.41, 5.74) is 0. The van der Waals surface area contributed by atoms with Gasteiger partial charge in [0.25, 0.3) is 0 Å². The maximum Gasteiger partial charge on any atom is 0.222 e. The highest BCUT2D eigenvalue weighted by Gasteiger charge is 2.27. The molecule has 0 spiro atoms. The minimum Gasteiger partial charge on any atom is -0.340 e. The molecule has 0 aliphatic carbocycles. The number of likely N-dealkylation sites (tertiary alicyclic amines) is 1. The Kier molecular flexibility index (Phi) is 10.2. The van der Waals surface area contributed by atoms with E-state index in [0.29, 0.717) is 11.9 Å². The van der Waals surface area contributed by atoms with E-state index in [0.717, 1.165) is 38.1 Å². The quantitative estimate of drug-likeness (QED) is 0.382. The fourth-order valence-corrected chi connectivity index (χ4v) is 3.31. The lowest BCUT2D eigenvalue weighted by atomic mass is 10.1. The third-order valence-electron chi connectivity index (χ3n) is 4.36. The molecule has 0 radical (unpaired) electrons. The number of carbonyl (C=O) groups excluding carboxylic acids is 1. The maximum absolute atomic E-state index is 12.2. The van der Waals surface area contributed by atoms with Gasteiger partial charge < -0.3 is 4.90 Å². The van der Waals surface area contributed by atoms with Crippen molar-refractivity contribution >= 4 is 17.5 Å². The van der Waals surface area contributed by atoms with Gasteiger partial charge in [-0.3, -0.25) is 4.79 Å². The molecule has 20 heavy (non-hydrogen) atoms. The number of carbonyl (C=O) groups is 1. The van der Waals surface area contributed by atoms with Crippen LogP contribution in [0.5, 0.6) is 0 Å². The zero-order valence-corrected chi connectivity index (χ0v) is 14.0. The summed E-state index contributed by atoms with van der Waals surface area (Å²) in [7, 11) is 0. The molecular formula is C17H32ClNO. The van der Waals surface area contributed by atoms with E-state index in [1.165, 1.54) is 51.4 Å². The maximum atomic E-state index is 12.2. The first kappa shape index (κ1) is 17.8. The highest BCUT2D eigenvalue weighted by molar-refractivity contribution is 6.17. The molecule has 1 atom stereocenters.